The Morgan fingerprint density at radius 3 is 2.38 bits per heavy atom. The van der Waals surface area contributed by atoms with Crippen LogP contribution in [0.5, 0.6) is 0 Å². The van der Waals surface area contributed by atoms with Crippen LogP contribution in [0, 0.1) is 5.41 Å². The van der Waals surface area contributed by atoms with Crippen LogP contribution in [0.25, 0.3) is 0 Å². The van der Waals surface area contributed by atoms with Crippen molar-refractivity contribution < 1.29 is 22.8 Å². The summed E-state index contributed by atoms with van der Waals surface area (Å²) in [6.45, 7) is 3.65. The summed E-state index contributed by atoms with van der Waals surface area (Å²) in [7, 11) is 0. The molecule has 2 amide bonds. The monoisotopic (exact) mass is 390 g/mol. The smallest absolute Gasteiger partial charge is 0.354 e. The van der Waals surface area contributed by atoms with Gasteiger partial charge in [-0.2, -0.15) is 13.2 Å². The minimum atomic E-state index is -4.61. The van der Waals surface area contributed by atoms with Gasteiger partial charge in [-0.05, 0) is 44.9 Å². The molecule has 0 atom stereocenters. The minimum absolute atomic E-state index is 0.0160. The van der Waals surface area contributed by atoms with Gasteiger partial charge in [0.05, 0.1) is 16.0 Å². The third-order valence-corrected chi connectivity index (χ3v) is 4.85. The van der Waals surface area contributed by atoms with Crippen LogP contribution in [0.15, 0.2) is 18.2 Å². The van der Waals surface area contributed by atoms with E-state index < -0.39 is 28.1 Å². The van der Waals surface area contributed by atoms with E-state index in [-0.39, 0.29) is 24.1 Å². The van der Waals surface area contributed by atoms with Crippen LogP contribution in [0.1, 0.15) is 51.5 Å². The maximum absolute atomic E-state index is 13.0. The lowest BCUT2D eigenvalue weighted by Crippen LogP contribution is -2.40. The standard InChI is InChI=1S/C18H22ClF3N2O2/c1-11(2)23-15(25)10-17(7-3-4-8-17)16(26)24-12-5-6-14(19)13(9-12)18(20,21)22/h5-6,9,11H,3-4,7-8,10H2,1-2H3,(H,23,25)(H,24,26). The van der Waals surface area contributed by atoms with Crippen molar-refractivity contribution in [1.82, 2.24) is 5.32 Å². The fourth-order valence-corrected chi connectivity index (χ4v) is 3.52. The Morgan fingerprint density at radius 2 is 1.85 bits per heavy atom. The number of halogens is 4. The molecule has 1 aliphatic carbocycles. The molecule has 0 saturated heterocycles. The Balaban J connectivity index is 2.19. The molecule has 4 nitrogen and oxygen atoms in total. The zero-order valence-corrected chi connectivity index (χ0v) is 15.4. The Bertz CT molecular complexity index is 684. The highest BCUT2D eigenvalue weighted by atomic mass is 35.5. The molecular formula is C18H22ClF3N2O2. The van der Waals surface area contributed by atoms with E-state index in [4.69, 9.17) is 11.6 Å². The molecule has 1 aliphatic rings. The lowest BCUT2D eigenvalue weighted by Gasteiger charge is -2.27. The molecule has 0 radical (unpaired) electrons. The van der Waals surface area contributed by atoms with Gasteiger partial charge in [0.15, 0.2) is 0 Å². The van der Waals surface area contributed by atoms with Gasteiger partial charge in [-0.25, -0.2) is 0 Å². The second kappa shape index (κ2) is 7.86. The molecule has 26 heavy (non-hydrogen) atoms. The number of benzene rings is 1. The van der Waals surface area contributed by atoms with Crippen LogP contribution in [0.3, 0.4) is 0 Å². The van der Waals surface area contributed by atoms with Gasteiger partial charge in [-0.15, -0.1) is 0 Å². The molecule has 0 spiro atoms. The summed E-state index contributed by atoms with van der Waals surface area (Å²) in [6.07, 6.45) is -1.92. The van der Waals surface area contributed by atoms with Gasteiger partial charge < -0.3 is 10.6 Å². The maximum Gasteiger partial charge on any atom is 0.417 e. The van der Waals surface area contributed by atoms with Crippen molar-refractivity contribution in [2.75, 3.05) is 5.32 Å². The van der Waals surface area contributed by atoms with Crippen molar-refractivity contribution in [1.29, 1.82) is 0 Å². The Hall–Kier alpha value is -1.76. The number of rotatable bonds is 5. The Morgan fingerprint density at radius 1 is 1.23 bits per heavy atom. The average Bonchev–Trinajstić information content (AvgIpc) is 2.96. The summed E-state index contributed by atoms with van der Waals surface area (Å²) >= 11 is 5.60. The highest BCUT2D eigenvalue weighted by Gasteiger charge is 2.43. The highest BCUT2D eigenvalue weighted by Crippen LogP contribution is 2.43. The predicted octanol–water partition coefficient (Wildman–Crippen LogP) is 4.77. The molecule has 0 aromatic heterocycles. The third kappa shape index (κ3) is 4.90. The molecule has 0 heterocycles. The van der Waals surface area contributed by atoms with E-state index in [1.54, 1.807) is 0 Å². The van der Waals surface area contributed by atoms with Gasteiger partial charge in [0.25, 0.3) is 0 Å². The zero-order valence-electron chi connectivity index (χ0n) is 14.7. The summed E-state index contributed by atoms with van der Waals surface area (Å²) in [5.74, 6) is -0.659. The number of hydrogen-bond acceptors (Lipinski definition) is 2. The number of nitrogens with one attached hydrogen (secondary N) is 2. The number of carbonyl (C=O) groups excluding carboxylic acids is 2. The van der Waals surface area contributed by atoms with Crippen molar-refractivity contribution in [3.63, 3.8) is 0 Å². The molecule has 1 aromatic carbocycles. The number of amides is 2. The average molecular weight is 391 g/mol. The molecule has 144 valence electrons. The molecule has 1 fully saturated rings. The number of hydrogen-bond donors (Lipinski definition) is 2. The minimum Gasteiger partial charge on any atom is -0.354 e. The lowest BCUT2D eigenvalue weighted by atomic mass is 9.81. The Labute approximate surface area is 155 Å². The summed E-state index contributed by atoms with van der Waals surface area (Å²) in [4.78, 5) is 24.9. The van der Waals surface area contributed by atoms with E-state index >= 15 is 0 Å². The molecule has 2 N–H and O–H groups in total. The van der Waals surface area contributed by atoms with E-state index in [1.165, 1.54) is 6.07 Å². The van der Waals surface area contributed by atoms with Crippen molar-refractivity contribution in [2.45, 2.75) is 58.2 Å². The zero-order chi connectivity index (χ0) is 19.5. The van der Waals surface area contributed by atoms with E-state index in [1.807, 2.05) is 13.8 Å². The molecule has 8 heteroatoms. The predicted molar refractivity (Wildman–Crippen MR) is 93.9 cm³/mol. The molecule has 1 aromatic rings. The number of alkyl halides is 3. The quantitative estimate of drug-likeness (QED) is 0.760. The largest absolute Gasteiger partial charge is 0.417 e. The first-order valence-corrected chi connectivity index (χ1v) is 8.89. The topological polar surface area (TPSA) is 58.2 Å². The van der Waals surface area contributed by atoms with Gasteiger partial charge in [0.2, 0.25) is 11.8 Å². The summed E-state index contributed by atoms with van der Waals surface area (Å²) < 4.78 is 39.0. The van der Waals surface area contributed by atoms with Crippen LogP contribution < -0.4 is 10.6 Å². The number of carbonyl (C=O) groups is 2. The second-order valence-corrected chi connectivity index (χ2v) is 7.44. The van der Waals surface area contributed by atoms with Crippen molar-refractivity contribution in [3.05, 3.63) is 28.8 Å². The van der Waals surface area contributed by atoms with E-state index in [2.05, 4.69) is 10.6 Å². The SMILES string of the molecule is CC(C)NC(=O)CC1(C(=O)Nc2ccc(Cl)c(C(F)(F)F)c2)CCCC1. The van der Waals surface area contributed by atoms with E-state index in [0.29, 0.717) is 12.8 Å². The number of anilines is 1. The molecule has 0 aliphatic heterocycles. The van der Waals surface area contributed by atoms with Crippen LogP contribution in [-0.4, -0.2) is 17.9 Å². The summed E-state index contributed by atoms with van der Waals surface area (Å²) in [6, 6.07) is 3.20. The molecular weight excluding hydrogens is 369 g/mol. The van der Waals surface area contributed by atoms with Crippen molar-refractivity contribution in [3.8, 4) is 0 Å². The first-order chi connectivity index (χ1) is 12.0. The van der Waals surface area contributed by atoms with Gasteiger partial charge in [0.1, 0.15) is 0 Å². The van der Waals surface area contributed by atoms with Gasteiger partial charge in [-0.1, -0.05) is 24.4 Å². The second-order valence-electron chi connectivity index (χ2n) is 7.03. The van der Waals surface area contributed by atoms with Crippen LogP contribution in [0.4, 0.5) is 18.9 Å². The molecule has 0 bridgehead atoms. The van der Waals surface area contributed by atoms with Gasteiger partial charge in [0, 0.05) is 18.2 Å². The van der Waals surface area contributed by atoms with Gasteiger partial charge >= 0.3 is 6.18 Å². The fraction of sp³-hybridized carbons (Fsp3) is 0.556. The molecule has 0 unspecified atom stereocenters. The Kier molecular flexibility index (Phi) is 6.21. The van der Waals surface area contributed by atoms with Crippen molar-refractivity contribution >= 4 is 29.1 Å². The normalized spacial score (nSPS) is 16.6. The van der Waals surface area contributed by atoms with Gasteiger partial charge in [-0.3, -0.25) is 9.59 Å². The highest BCUT2D eigenvalue weighted by molar-refractivity contribution is 6.31. The van der Waals surface area contributed by atoms with Crippen LogP contribution in [0.2, 0.25) is 5.02 Å². The summed E-state index contributed by atoms with van der Waals surface area (Å²) in [5.41, 5.74) is -1.88. The first kappa shape index (κ1) is 20.6. The summed E-state index contributed by atoms with van der Waals surface area (Å²) in [5, 5.41) is 4.88. The lowest BCUT2D eigenvalue weighted by molar-refractivity contribution is -0.137. The van der Waals surface area contributed by atoms with Crippen LogP contribution >= 0.6 is 11.6 Å². The van der Waals surface area contributed by atoms with E-state index in [9.17, 15) is 22.8 Å². The van der Waals surface area contributed by atoms with Crippen molar-refractivity contribution in [2.24, 2.45) is 5.41 Å². The first-order valence-electron chi connectivity index (χ1n) is 8.51. The molecule has 2 rings (SSSR count). The van der Waals surface area contributed by atoms with Crippen LogP contribution in [-0.2, 0) is 15.8 Å². The fourth-order valence-electron chi connectivity index (χ4n) is 3.30. The maximum atomic E-state index is 13.0. The third-order valence-electron chi connectivity index (χ3n) is 4.52. The van der Waals surface area contributed by atoms with E-state index in [0.717, 1.165) is 25.0 Å². The molecule has 1 saturated carbocycles.